The molecule has 44 heavy (non-hydrogen) atoms. The summed E-state index contributed by atoms with van der Waals surface area (Å²) >= 11 is 1.18. The SMILES string of the molecule is CCC(Sc1cccc(NC(=O)/C(=C/c2ccc(F)cc2)NC(=O)c2ccccc2)c1)C(=O)Nc1cccc(C(F)(F)F)c1. The van der Waals surface area contributed by atoms with Crippen molar-refractivity contribution in [1.82, 2.24) is 5.32 Å². The van der Waals surface area contributed by atoms with Gasteiger partial charge in [0.1, 0.15) is 11.5 Å². The van der Waals surface area contributed by atoms with Gasteiger partial charge in [0.05, 0.1) is 10.8 Å². The van der Waals surface area contributed by atoms with Gasteiger partial charge in [-0.2, -0.15) is 13.2 Å². The Balaban J connectivity index is 1.49. The van der Waals surface area contributed by atoms with Crippen LogP contribution in [0.2, 0.25) is 0 Å². The Hall–Kier alpha value is -4.90. The van der Waals surface area contributed by atoms with Gasteiger partial charge in [-0.1, -0.05) is 49.4 Å². The van der Waals surface area contributed by atoms with Gasteiger partial charge < -0.3 is 16.0 Å². The first-order chi connectivity index (χ1) is 21.0. The highest BCUT2D eigenvalue weighted by Crippen LogP contribution is 2.32. The lowest BCUT2D eigenvalue weighted by Gasteiger charge is -2.16. The Morgan fingerprint density at radius 3 is 2.14 bits per heavy atom. The van der Waals surface area contributed by atoms with Gasteiger partial charge in [0.2, 0.25) is 5.91 Å². The predicted molar refractivity (Wildman–Crippen MR) is 163 cm³/mol. The smallest absolute Gasteiger partial charge is 0.325 e. The summed E-state index contributed by atoms with van der Waals surface area (Å²) < 4.78 is 52.7. The Morgan fingerprint density at radius 2 is 1.48 bits per heavy atom. The molecule has 6 nitrogen and oxygen atoms in total. The van der Waals surface area contributed by atoms with Crippen molar-refractivity contribution in [3.63, 3.8) is 0 Å². The molecule has 0 radical (unpaired) electrons. The average Bonchev–Trinajstić information content (AvgIpc) is 3.00. The summed E-state index contributed by atoms with van der Waals surface area (Å²) in [5.41, 5.74) is 0.252. The molecule has 4 aromatic rings. The Labute approximate surface area is 255 Å². The molecule has 0 saturated carbocycles. The lowest BCUT2D eigenvalue weighted by molar-refractivity contribution is -0.137. The van der Waals surface area contributed by atoms with Crippen molar-refractivity contribution in [1.29, 1.82) is 0 Å². The van der Waals surface area contributed by atoms with Crippen LogP contribution in [0.3, 0.4) is 0 Å². The van der Waals surface area contributed by atoms with Gasteiger partial charge >= 0.3 is 6.18 Å². The summed E-state index contributed by atoms with van der Waals surface area (Å²) in [7, 11) is 0. The zero-order valence-electron chi connectivity index (χ0n) is 23.3. The lowest BCUT2D eigenvalue weighted by atomic mass is 10.1. The molecule has 0 aliphatic carbocycles. The van der Waals surface area contributed by atoms with Crippen LogP contribution in [-0.2, 0) is 15.8 Å². The maximum absolute atomic E-state index is 13.4. The number of anilines is 2. The molecule has 0 bridgehead atoms. The summed E-state index contributed by atoms with van der Waals surface area (Å²) in [6.07, 6.45) is -2.75. The fourth-order valence-electron chi connectivity index (χ4n) is 4.00. The molecule has 11 heteroatoms. The van der Waals surface area contributed by atoms with Crippen molar-refractivity contribution in [2.24, 2.45) is 0 Å². The van der Waals surface area contributed by atoms with Crippen LogP contribution in [0.5, 0.6) is 0 Å². The first-order valence-electron chi connectivity index (χ1n) is 13.4. The number of amides is 3. The topological polar surface area (TPSA) is 87.3 Å². The first kappa shape index (κ1) is 32.0. The van der Waals surface area contributed by atoms with E-state index in [1.807, 2.05) is 0 Å². The second kappa shape index (κ2) is 14.5. The number of hydrogen-bond acceptors (Lipinski definition) is 4. The normalized spacial score (nSPS) is 12.2. The van der Waals surface area contributed by atoms with E-state index in [1.165, 1.54) is 54.2 Å². The molecular formula is C33H27F4N3O3S. The molecule has 226 valence electrons. The van der Waals surface area contributed by atoms with Crippen molar-refractivity contribution >= 4 is 46.9 Å². The molecule has 0 aromatic heterocycles. The van der Waals surface area contributed by atoms with Crippen LogP contribution in [0.25, 0.3) is 6.08 Å². The predicted octanol–water partition coefficient (Wildman–Crippen LogP) is 7.76. The van der Waals surface area contributed by atoms with Gasteiger partial charge in [-0.25, -0.2) is 4.39 Å². The average molecular weight is 622 g/mol. The summed E-state index contributed by atoms with van der Waals surface area (Å²) in [5, 5.41) is 7.25. The van der Waals surface area contributed by atoms with Crippen LogP contribution < -0.4 is 16.0 Å². The third-order valence-electron chi connectivity index (χ3n) is 6.20. The van der Waals surface area contributed by atoms with E-state index < -0.39 is 40.5 Å². The fraction of sp³-hybridized carbons (Fsp3) is 0.121. The maximum atomic E-state index is 13.4. The molecule has 1 unspecified atom stereocenters. The zero-order valence-corrected chi connectivity index (χ0v) is 24.1. The van der Waals surface area contributed by atoms with E-state index in [9.17, 15) is 31.9 Å². The number of carbonyl (C=O) groups is 3. The number of carbonyl (C=O) groups excluding carboxylic acids is 3. The molecule has 0 aliphatic heterocycles. The van der Waals surface area contributed by atoms with Crippen LogP contribution >= 0.6 is 11.8 Å². The number of benzene rings is 4. The van der Waals surface area contributed by atoms with E-state index in [2.05, 4.69) is 16.0 Å². The van der Waals surface area contributed by atoms with Gasteiger partial charge in [-0.15, -0.1) is 11.8 Å². The maximum Gasteiger partial charge on any atom is 0.416 e. The lowest BCUT2D eigenvalue weighted by Crippen LogP contribution is -2.30. The second-order valence-electron chi connectivity index (χ2n) is 9.49. The minimum absolute atomic E-state index is 0.0305. The van der Waals surface area contributed by atoms with E-state index in [4.69, 9.17) is 0 Å². The van der Waals surface area contributed by atoms with Crippen molar-refractivity contribution < 1.29 is 31.9 Å². The largest absolute Gasteiger partial charge is 0.416 e. The van der Waals surface area contributed by atoms with E-state index >= 15 is 0 Å². The summed E-state index contributed by atoms with van der Waals surface area (Å²) in [6, 6.07) is 24.8. The van der Waals surface area contributed by atoms with E-state index in [0.717, 1.165) is 12.1 Å². The number of rotatable bonds is 10. The molecule has 0 fully saturated rings. The molecule has 0 saturated heterocycles. The summed E-state index contributed by atoms with van der Waals surface area (Å²) in [6.45, 7) is 1.77. The van der Waals surface area contributed by atoms with Gasteiger partial charge in [0, 0.05) is 21.8 Å². The van der Waals surface area contributed by atoms with Crippen molar-refractivity contribution in [2.75, 3.05) is 10.6 Å². The highest BCUT2D eigenvalue weighted by molar-refractivity contribution is 8.00. The number of alkyl halides is 3. The second-order valence-corrected chi connectivity index (χ2v) is 10.8. The Morgan fingerprint density at radius 1 is 0.818 bits per heavy atom. The van der Waals surface area contributed by atoms with Crippen molar-refractivity contribution in [2.45, 2.75) is 29.7 Å². The highest BCUT2D eigenvalue weighted by Gasteiger charge is 2.30. The number of halogens is 4. The molecule has 3 amide bonds. The Bertz CT molecular complexity index is 1660. The van der Waals surface area contributed by atoms with Crippen molar-refractivity contribution in [3.05, 3.63) is 131 Å². The monoisotopic (exact) mass is 621 g/mol. The van der Waals surface area contributed by atoms with Gasteiger partial charge in [0.15, 0.2) is 0 Å². The molecular weight excluding hydrogens is 594 g/mol. The molecule has 0 aliphatic rings. The molecule has 4 rings (SSSR count). The van der Waals surface area contributed by atoms with E-state index in [1.54, 1.807) is 61.5 Å². The third kappa shape index (κ3) is 9.05. The van der Waals surface area contributed by atoms with Crippen LogP contribution in [0.4, 0.5) is 28.9 Å². The van der Waals surface area contributed by atoms with E-state index in [0.29, 0.717) is 28.1 Å². The van der Waals surface area contributed by atoms with Gasteiger partial charge in [-0.05, 0) is 78.7 Å². The summed E-state index contributed by atoms with van der Waals surface area (Å²) in [4.78, 5) is 39.7. The van der Waals surface area contributed by atoms with E-state index in [-0.39, 0.29) is 11.4 Å². The van der Waals surface area contributed by atoms with Gasteiger partial charge in [0.25, 0.3) is 11.8 Å². The molecule has 0 spiro atoms. The fourth-order valence-corrected chi connectivity index (χ4v) is 5.01. The van der Waals surface area contributed by atoms with Gasteiger partial charge in [-0.3, -0.25) is 14.4 Å². The number of thioether (sulfide) groups is 1. The highest BCUT2D eigenvalue weighted by atomic mass is 32.2. The van der Waals surface area contributed by atoms with Crippen LogP contribution in [-0.4, -0.2) is 23.0 Å². The quantitative estimate of drug-likeness (QED) is 0.0960. The van der Waals surface area contributed by atoms with Crippen LogP contribution in [0, 0.1) is 5.82 Å². The summed E-state index contributed by atoms with van der Waals surface area (Å²) in [5.74, 6) is -2.09. The first-order valence-corrected chi connectivity index (χ1v) is 14.3. The molecule has 0 heterocycles. The third-order valence-corrected chi connectivity index (χ3v) is 7.56. The van der Waals surface area contributed by atoms with Crippen LogP contribution in [0.1, 0.15) is 34.8 Å². The molecule has 1 atom stereocenters. The van der Waals surface area contributed by atoms with Crippen molar-refractivity contribution in [3.8, 4) is 0 Å². The minimum atomic E-state index is -4.54. The zero-order chi connectivity index (χ0) is 31.7. The molecule has 4 aromatic carbocycles. The number of hydrogen-bond donors (Lipinski definition) is 3. The number of nitrogens with one attached hydrogen (secondary N) is 3. The van der Waals surface area contributed by atoms with Crippen LogP contribution in [0.15, 0.2) is 114 Å². The minimum Gasteiger partial charge on any atom is -0.325 e. The molecule has 3 N–H and O–H groups in total. The Kier molecular flexibility index (Phi) is 10.6. The standard InChI is InChI=1S/C33H27F4N3O3S/c1-2-29(32(43)39-25-11-6-10-23(19-25)33(35,36)37)44-27-13-7-12-26(20-27)38-31(42)28(18-21-14-16-24(34)17-15-21)40-30(41)22-8-4-3-5-9-22/h3-20,29H,2H2,1H3,(H,38,42)(H,39,43)(H,40,41)/b28-18-.